The minimum absolute atomic E-state index is 0.276. The molecular weight excluding hydrogens is 232 g/mol. The number of halogens is 1. The van der Waals surface area contributed by atoms with E-state index in [-0.39, 0.29) is 23.5 Å². The van der Waals surface area contributed by atoms with Crippen LogP contribution in [0.15, 0.2) is 18.2 Å². The number of carbonyl (C=O) groups excluding carboxylic acids is 2. The van der Waals surface area contributed by atoms with Crippen LogP contribution in [-0.2, 0) is 9.53 Å². The zero-order valence-electron chi connectivity index (χ0n) is 8.95. The van der Waals surface area contributed by atoms with Gasteiger partial charge in [0.15, 0.2) is 5.78 Å². The summed E-state index contributed by atoms with van der Waals surface area (Å²) in [4.78, 5) is 22.7. The molecule has 1 aromatic rings. The Kier molecular flexibility index (Phi) is 4.31. The Morgan fingerprint density at radius 3 is 2.56 bits per heavy atom. The van der Waals surface area contributed by atoms with Crippen LogP contribution in [0.2, 0.25) is 5.02 Å². The van der Waals surface area contributed by atoms with Gasteiger partial charge in [0, 0.05) is 0 Å². The van der Waals surface area contributed by atoms with E-state index in [1.54, 1.807) is 18.2 Å². The molecule has 4 nitrogen and oxygen atoms in total. The average molecular weight is 243 g/mol. The number of para-hydroxylation sites is 1. The predicted octanol–water partition coefficient (Wildman–Crippen LogP) is 2.09. The molecule has 0 saturated heterocycles. The first-order chi connectivity index (χ1) is 7.60. The molecule has 0 N–H and O–H groups in total. The van der Waals surface area contributed by atoms with Crippen molar-refractivity contribution in [3.8, 4) is 5.75 Å². The van der Waals surface area contributed by atoms with E-state index in [1.807, 2.05) is 0 Å². The van der Waals surface area contributed by atoms with Gasteiger partial charge >= 0.3 is 5.97 Å². The summed E-state index contributed by atoms with van der Waals surface area (Å²) < 4.78 is 9.42. The molecule has 0 heterocycles. The fourth-order valence-corrected chi connectivity index (χ4v) is 1.49. The minimum atomic E-state index is -0.591. The van der Waals surface area contributed by atoms with Crippen molar-refractivity contribution in [3.63, 3.8) is 0 Å². The summed E-state index contributed by atoms with van der Waals surface area (Å²) in [6, 6.07) is 4.78. The van der Waals surface area contributed by atoms with Gasteiger partial charge in [-0.25, -0.2) is 0 Å². The first-order valence-electron chi connectivity index (χ1n) is 4.52. The number of ether oxygens (including phenoxy) is 2. The van der Waals surface area contributed by atoms with E-state index in [2.05, 4.69) is 4.74 Å². The molecule has 0 atom stereocenters. The predicted molar refractivity (Wildman–Crippen MR) is 59.0 cm³/mol. The van der Waals surface area contributed by atoms with E-state index in [9.17, 15) is 9.59 Å². The molecule has 0 radical (unpaired) electrons. The number of hydrogen-bond donors (Lipinski definition) is 0. The maximum absolute atomic E-state index is 11.7. The molecular formula is C11H11ClO4. The van der Waals surface area contributed by atoms with Gasteiger partial charge in [-0.1, -0.05) is 17.7 Å². The van der Waals surface area contributed by atoms with Gasteiger partial charge in [0.25, 0.3) is 0 Å². The van der Waals surface area contributed by atoms with Crippen molar-refractivity contribution in [2.75, 3.05) is 14.2 Å². The maximum Gasteiger partial charge on any atom is 0.313 e. The Bertz CT molecular complexity index is 414. The van der Waals surface area contributed by atoms with Gasteiger partial charge in [-0.15, -0.1) is 0 Å². The largest absolute Gasteiger partial charge is 0.494 e. The maximum atomic E-state index is 11.7. The third-order valence-corrected chi connectivity index (χ3v) is 2.30. The van der Waals surface area contributed by atoms with Gasteiger partial charge in [0.2, 0.25) is 0 Å². The van der Waals surface area contributed by atoms with Gasteiger partial charge < -0.3 is 9.47 Å². The Morgan fingerprint density at radius 1 is 1.31 bits per heavy atom. The number of methoxy groups -OCH3 is 2. The Hall–Kier alpha value is -1.55. The fraction of sp³-hybridized carbons (Fsp3) is 0.273. The smallest absolute Gasteiger partial charge is 0.313 e. The van der Waals surface area contributed by atoms with E-state index in [1.165, 1.54) is 14.2 Å². The highest BCUT2D eigenvalue weighted by Crippen LogP contribution is 2.29. The summed E-state index contributed by atoms with van der Waals surface area (Å²) >= 11 is 5.85. The molecule has 0 fully saturated rings. The van der Waals surface area contributed by atoms with Crippen LogP contribution in [0, 0.1) is 0 Å². The average Bonchev–Trinajstić information content (AvgIpc) is 2.28. The highest BCUT2D eigenvalue weighted by Gasteiger charge is 2.17. The summed E-state index contributed by atoms with van der Waals surface area (Å²) in [7, 11) is 2.64. The summed E-state index contributed by atoms with van der Waals surface area (Å²) in [5, 5.41) is 0.332. The lowest BCUT2D eigenvalue weighted by Gasteiger charge is -2.08. The van der Waals surface area contributed by atoms with Crippen molar-refractivity contribution in [1.82, 2.24) is 0 Å². The highest BCUT2D eigenvalue weighted by molar-refractivity contribution is 6.32. The zero-order chi connectivity index (χ0) is 12.1. The first kappa shape index (κ1) is 12.5. The molecule has 0 aliphatic heterocycles. The third kappa shape index (κ3) is 2.73. The van der Waals surface area contributed by atoms with Crippen LogP contribution in [0.1, 0.15) is 16.8 Å². The lowest BCUT2D eigenvalue weighted by Crippen LogP contribution is -2.10. The molecule has 0 saturated carbocycles. The normalized spacial score (nSPS) is 9.69. The summed E-state index contributed by atoms with van der Waals surface area (Å²) in [5.41, 5.74) is 0.278. The molecule has 0 aliphatic carbocycles. The number of benzene rings is 1. The van der Waals surface area contributed by atoms with E-state index >= 15 is 0 Å². The number of hydrogen-bond acceptors (Lipinski definition) is 4. The molecule has 0 aliphatic rings. The van der Waals surface area contributed by atoms with Crippen LogP contribution < -0.4 is 4.74 Å². The third-order valence-electron chi connectivity index (χ3n) is 2.00. The second kappa shape index (κ2) is 5.51. The lowest BCUT2D eigenvalue weighted by atomic mass is 10.1. The van der Waals surface area contributed by atoms with Crippen molar-refractivity contribution < 1.29 is 19.1 Å². The number of ketones is 1. The minimum Gasteiger partial charge on any atom is -0.494 e. The van der Waals surface area contributed by atoms with Crippen LogP contribution in [0.4, 0.5) is 0 Å². The van der Waals surface area contributed by atoms with E-state index in [0.29, 0.717) is 5.02 Å². The lowest BCUT2D eigenvalue weighted by molar-refractivity contribution is -0.139. The highest BCUT2D eigenvalue weighted by atomic mass is 35.5. The summed E-state index contributed by atoms with van der Waals surface area (Å²) in [5.74, 6) is -0.698. The second-order valence-electron chi connectivity index (χ2n) is 3.00. The standard InChI is InChI=1S/C11H11ClO4/c1-15-10(14)6-9(13)7-4-3-5-8(12)11(7)16-2/h3-5H,6H2,1-2H3. The summed E-state index contributed by atoms with van der Waals surface area (Å²) in [6.45, 7) is 0. The van der Waals surface area contributed by atoms with Crippen LogP contribution in [0.25, 0.3) is 0 Å². The molecule has 0 bridgehead atoms. The van der Waals surface area contributed by atoms with Crippen molar-refractivity contribution in [1.29, 1.82) is 0 Å². The molecule has 16 heavy (non-hydrogen) atoms. The van der Waals surface area contributed by atoms with Gasteiger partial charge in [0.05, 0.1) is 24.8 Å². The molecule has 0 spiro atoms. The van der Waals surface area contributed by atoms with Gasteiger partial charge in [-0.3, -0.25) is 9.59 Å². The molecule has 86 valence electrons. The van der Waals surface area contributed by atoms with Crippen molar-refractivity contribution in [2.24, 2.45) is 0 Å². The van der Waals surface area contributed by atoms with Gasteiger partial charge in [-0.2, -0.15) is 0 Å². The van der Waals surface area contributed by atoms with Gasteiger partial charge in [-0.05, 0) is 12.1 Å². The Labute approximate surface area is 98.1 Å². The molecule has 5 heteroatoms. The zero-order valence-corrected chi connectivity index (χ0v) is 9.71. The first-order valence-corrected chi connectivity index (χ1v) is 4.90. The monoisotopic (exact) mass is 242 g/mol. The molecule has 1 aromatic carbocycles. The van der Waals surface area contributed by atoms with E-state index < -0.39 is 5.97 Å². The van der Waals surface area contributed by atoms with Gasteiger partial charge in [0.1, 0.15) is 12.2 Å². The number of Topliss-reactive ketones (excluding diaryl/α,β-unsaturated/α-hetero) is 1. The number of carbonyl (C=O) groups is 2. The quantitative estimate of drug-likeness (QED) is 0.461. The summed E-state index contributed by atoms with van der Waals surface area (Å²) in [6.07, 6.45) is -0.326. The Balaban J connectivity index is 2.99. The van der Waals surface area contributed by atoms with E-state index in [0.717, 1.165) is 0 Å². The van der Waals surface area contributed by atoms with Crippen LogP contribution >= 0.6 is 11.6 Å². The molecule has 1 rings (SSSR count). The Morgan fingerprint density at radius 2 is 2.00 bits per heavy atom. The van der Waals surface area contributed by atoms with Crippen molar-refractivity contribution in [3.05, 3.63) is 28.8 Å². The fourth-order valence-electron chi connectivity index (χ4n) is 1.23. The van der Waals surface area contributed by atoms with Crippen LogP contribution in [0.3, 0.4) is 0 Å². The van der Waals surface area contributed by atoms with E-state index in [4.69, 9.17) is 16.3 Å². The topological polar surface area (TPSA) is 52.6 Å². The second-order valence-corrected chi connectivity index (χ2v) is 3.40. The van der Waals surface area contributed by atoms with Crippen LogP contribution in [-0.4, -0.2) is 26.0 Å². The number of rotatable bonds is 4. The molecule has 0 unspecified atom stereocenters. The van der Waals surface area contributed by atoms with Crippen molar-refractivity contribution >= 4 is 23.4 Å². The number of esters is 1. The molecule has 0 amide bonds. The van der Waals surface area contributed by atoms with Crippen LogP contribution in [0.5, 0.6) is 5.75 Å². The SMILES string of the molecule is COC(=O)CC(=O)c1cccc(Cl)c1OC. The molecule has 0 aromatic heterocycles. The van der Waals surface area contributed by atoms with Crippen molar-refractivity contribution in [2.45, 2.75) is 6.42 Å².